The van der Waals surface area contributed by atoms with Crippen molar-refractivity contribution in [2.75, 3.05) is 19.8 Å². The first-order chi connectivity index (χ1) is 10.6. The molecule has 1 aromatic carbocycles. The average molecular weight is 327 g/mol. The average Bonchev–Trinajstić information content (AvgIpc) is 2.50. The summed E-state index contributed by atoms with van der Waals surface area (Å²) in [5.41, 5.74) is 0. The van der Waals surface area contributed by atoms with Gasteiger partial charge in [-0.15, -0.1) is 0 Å². The number of carbonyl (C=O) groups excluding carboxylic acids is 2. The van der Waals surface area contributed by atoms with Gasteiger partial charge in [0.1, 0.15) is 12.4 Å². The topological polar surface area (TPSA) is 65.1 Å². The minimum Gasteiger partial charge on any atom is -0.432 e. The number of para-hydroxylation sites is 1. The van der Waals surface area contributed by atoms with E-state index in [1.807, 2.05) is 6.07 Å². The number of hydrogen-bond donors (Lipinski definition) is 1. The Morgan fingerprint density at radius 3 is 2.50 bits per heavy atom. The normalized spacial score (nSPS) is 10.1. The first-order valence-corrected chi connectivity index (χ1v) is 7.61. The lowest BCUT2D eigenvalue weighted by molar-refractivity contribution is -0.116. The monoisotopic (exact) mass is 327 g/mol. The first kappa shape index (κ1) is 18.3. The number of benzene rings is 1. The molecule has 0 aliphatic heterocycles. The molecule has 0 aliphatic rings. The van der Waals surface area contributed by atoms with Gasteiger partial charge in [-0.25, -0.2) is 9.86 Å². The van der Waals surface area contributed by atoms with Gasteiger partial charge in [-0.3, -0.25) is 9.63 Å². The lowest BCUT2D eigenvalue weighted by Crippen LogP contribution is -2.31. The van der Waals surface area contributed by atoms with Crippen LogP contribution in [0.3, 0.4) is 0 Å². The highest BCUT2D eigenvalue weighted by Crippen LogP contribution is 2.09. The van der Waals surface area contributed by atoms with E-state index >= 15 is 0 Å². The van der Waals surface area contributed by atoms with Crippen LogP contribution >= 0.6 is 12.6 Å². The number of unbranched alkanes of at least 4 members (excludes halogenated alkanes) is 2. The number of nitrogens with zero attached hydrogens (tertiary/aromatic N) is 1. The van der Waals surface area contributed by atoms with Crippen molar-refractivity contribution in [2.45, 2.75) is 26.2 Å². The van der Waals surface area contributed by atoms with Crippen molar-refractivity contribution >= 4 is 24.0 Å². The largest absolute Gasteiger partial charge is 0.513 e. The van der Waals surface area contributed by atoms with Gasteiger partial charge in [0.25, 0.3) is 0 Å². The molecule has 0 unspecified atom stereocenters. The van der Waals surface area contributed by atoms with Crippen LogP contribution in [0.15, 0.2) is 30.3 Å². The van der Waals surface area contributed by atoms with Crippen LogP contribution in [-0.4, -0.2) is 36.2 Å². The molecule has 22 heavy (non-hydrogen) atoms. The van der Waals surface area contributed by atoms with Crippen molar-refractivity contribution in [3.05, 3.63) is 30.3 Å². The van der Waals surface area contributed by atoms with Gasteiger partial charge in [-0.05, 0) is 18.6 Å². The van der Waals surface area contributed by atoms with Crippen LogP contribution in [0.5, 0.6) is 5.75 Å². The SMILES string of the molecule is CCCCCON(CCOC(=O)Oc1ccccc1)C(=O)S. The minimum absolute atomic E-state index is 0.0360. The van der Waals surface area contributed by atoms with Crippen molar-refractivity contribution in [3.8, 4) is 5.75 Å². The summed E-state index contributed by atoms with van der Waals surface area (Å²) in [6.07, 6.45) is 2.11. The van der Waals surface area contributed by atoms with E-state index in [4.69, 9.17) is 14.3 Å². The van der Waals surface area contributed by atoms with Crippen molar-refractivity contribution in [1.82, 2.24) is 5.06 Å². The van der Waals surface area contributed by atoms with E-state index in [-0.39, 0.29) is 13.2 Å². The molecule has 0 aromatic heterocycles. The predicted molar refractivity (Wildman–Crippen MR) is 85.0 cm³/mol. The van der Waals surface area contributed by atoms with Gasteiger partial charge in [0.15, 0.2) is 0 Å². The maximum absolute atomic E-state index is 11.5. The zero-order chi connectivity index (χ0) is 16.2. The van der Waals surface area contributed by atoms with Gasteiger partial charge >= 0.3 is 11.4 Å². The van der Waals surface area contributed by atoms with Crippen LogP contribution in [0.2, 0.25) is 0 Å². The third-order valence-electron chi connectivity index (χ3n) is 2.67. The van der Waals surface area contributed by atoms with Gasteiger partial charge in [0, 0.05) is 0 Å². The molecule has 6 nitrogen and oxygen atoms in total. The number of ether oxygens (including phenoxy) is 2. The lowest BCUT2D eigenvalue weighted by Gasteiger charge is -2.19. The molecule has 0 spiro atoms. The molecule has 0 fully saturated rings. The summed E-state index contributed by atoms with van der Waals surface area (Å²) in [6.45, 7) is 2.56. The molecule has 0 N–H and O–H groups in total. The van der Waals surface area contributed by atoms with E-state index < -0.39 is 11.4 Å². The Kier molecular flexibility index (Phi) is 9.09. The van der Waals surface area contributed by atoms with Crippen molar-refractivity contribution in [1.29, 1.82) is 0 Å². The second kappa shape index (κ2) is 10.9. The third-order valence-corrected chi connectivity index (χ3v) is 2.89. The summed E-state index contributed by atoms with van der Waals surface area (Å²) in [7, 11) is 0. The van der Waals surface area contributed by atoms with Gasteiger partial charge in [0.05, 0.1) is 13.2 Å². The number of hydrogen-bond acceptors (Lipinski definition) is 5. The molecule has 122 valence electrons. The Morgan fingerprint density at radius 2 is 1.86 bits per heavy atom. The molecule has 1 rings (SSSR count). The molecular formula is C15H21NO5S. The van der Waals surface area contributed by atoms with E-state index in [1.54, 1.807) is 24.3 Å². The van der Waals surface area contributed by atoms with Gasteiger partial charge < -0.3 is 9.47 Å². The zero-order valence-corrected chi connectivity index (χ0v) is 13.5. The van der Waals surface area contributed by atoms with E-state index in [1.165, 1.54) is 0 Å². The van der Waals surface area contributed by atoms with Crippen LogP contribution < -0.4 is 4.74 Å². The Morgan fingerprint density at radius 1 is 1.14 bits per heavy atom. The van der Waals surface area contributed by atoms with Crippen molar-refractivity contribution in [2.24, 2.45) is 0 Å². The molecular weight excluding hydrogens is 306 g/mol. The molecule has 0 aliphatic carbocycles. The fourth-order valence-electron chi connectivity index (χ4n) is 1.57. The Hall–Kier alpha value is -1.73. The summed E-state index contributed by atoms with van der Waals surface area (Å²) < 4.78 is 9.83. The van der Waals surface area contributed by atoms with Crippen LogP contribution in [0.4, 0.5) is 9.59 Å². The Labute approximate surface area is 135 Å². The van der Waals surface area contributed by atoms with E-state index in [9.17, 15) is 9.59 Å². The number of amides is 1. The van der Waals surface area contributed by atoms with Crippen LogP contribution in [-0.2, 0) is 9.57 Å². The van der Waals surface area contributed by atoms with Crippen LogP contribution in [0, 0.1) is 0 Å². The second-order valence-electron chi connectivity index (χ2n) is 4.44. The smallest absolute Gasteiger partial charge is 0.432 e. The highest BCUT2D eigenvalue weighted by molar-refractivity contribution is 7.96. The van der Waals surface area contributed by atoms with Crippen molar-refractivity contribution in [3.63, 3.8) is 0 Å². The Balaban J connectivity index is 2.24. The van der Waals surface area contributed by atoms with E-state index in [0.29, 0.717) is 12.4 Å². The number of rotatable bonds is 9. The molecule has 1 amide bonds. The zero-order valence-electron chi connectivity index (χ0n) is 12.6. The fraction of sp³-hybridized carbons (Fsp3) is 0.467. The molecule has 0 saturated heterocycles. The molecule has 0 atom stereocenters. The van der Waals surface area contributed by atoms with Crippen LogP contribution in [0.1, 0.15) is 26.2 Å². The molecule has 0 bridgehead atoms. The van der Waals surface area contributed by atoms with Gasteiger partial charge in [-0.1, -0.05) is 50.6 Å². The maximum atomic E-state index is 11.5. The standard InChI is InChI=1S/C15H21NO5S/c1-2-3-7-11-20-16(14(17)22)10-12-19-15(18)21-13-8-5-4-6-9-13/h4-6,8-9H,2-3,7,10-12H2,1H3,(H,17,22). The Bertz CT molecular complexity index is 455. The fourth-order valence-corrected chi connectivity index (χ4v) is 1.73. The minimum atomic E-state index is -0.830. The van der Waals surface area contributed by atoms with E-state index in [2.05, 4.69) is 19.6 Å². The number of hydroxylamine groups is 2. The molecule has 1 aromatic rings. The van der Waals surface area contributed by atoms with Gasteiger partial charge in [0.2, 0.25) is 0 Å². The van der Waals surface area contributed by atoms with Crippen molar-refractivity contribution < 1.29 is 23.9 Å². The van der Waals surface area contributed by atoms with E-state index in [0.717, 1.165) is 24.3 Å². The van der Waals surface area contributed by atoms with Gasteiger partial charge in [-0.2, -0.15) is 0 Å². The van der Waals surface area contributed by atoms with Crippen LogP contribution in [0.25, 0.3) is 0 Å². The summed E-state index contributed by atoms with van der Waals surface area (Å²) in [6, 6.07) is 8.58. The number of thiol groups is 1. The second-order valence-corrected chi connectivity index (χ2v) is 4.82. The molecule has 7 heteroatoms. The summed E-state index contributed by atoms with van der Waals surface area (Å²) in [4.78, 5) is 28.0. The highest BCUT2D eigenvalue weighted by atomic mass is 32.1. The molecule has 0 saturated carbocycles. The quantitative estimate of drug-likeness (QED) is 0.246. The predicted octanol–water partition coefficient (Wildman–Crippen LogP) is 3.68. The highest BCUT2D eigenvalue weighted by Gasteiger charge is 2.12. The molecule has 0 heterocycles. The molecule has 0 radical (unpaired) electrons. The number of carbonyl (C=O) groups is 2. The summed E-state index contributed by atoms with van der Waals surface area (Å²) >= 11 is 3.71. The maximum Gasteiger partial charge on any atom is 0.513 e. The first-order valence-electron chi connectivity index (χ1n) is 7.16. The summed E-state index contributed by atoms with van der Waals surface area (Å²) in [5.74, 6) is 0.394. The lowest BCUT2D eigenvalue weighted by atomic mass is 10.3. The third kappa shape index (κ3) is 7.90. The summed E-state index contributed by atoms with van der Waals surface area (Å²) in [5, 5.41) is 0.533.